The van der Waals surface area contributed by atoms with Crippen molar-refractivity contribution in [3.8, 4) is 5.75 Å². The molecular formula is C12H12O5S2. The van der Waals surface area contributed by atoms with Crippen molar-refractivity contribution in [2.45, 2.75) is 9.79 Å². The highest BCUT2D eigenvalue weighted by atomic mass is 32.2. The molecule has 0 heterocycles. The first kappa shape index (κ1) is 13.8. The summed E-state index contributed by atoms with van der Waals surface area (Å²) in [6, 6.07) is 6.63. The summed E-state index contributed by atoms with van der Waals surface area (Å²) >= 11 is 0. The lowest BCUT2D eigenvalue weighted by molar-refractivity contribution is 0.476. The maximum absolute atomic E-state index is 11.8. The van der Waals surface area contributed by atoms with Crippen LogP contribution >= 0.6 is 0 Å². The van der Waals surface area contributed by atoms with E-state index in [2.05, 4.69) is 0 Å². The standard InChI is InChI=1S/C12H12O5S2/c1-18(14,15)10-6-8-5-9(13)3-4-11(8)12(7-10)19(2,16)17/h3-7,13H,1-2H3. The molecule has 2 aromatic rings. The highest BCUT2D eigenvalue weighted by Gasteiger charge is 2.17. The first-order valence-corrected chi connectivity index (χ1v) is 9.04. The van der Waals surface area contributed by atoms with Gasteiger partial charge in [-0.25, -0.2) is 16.8 Å². The molecule has 7 heteroatoms. The molecule has 0 unspecified atom stereocenters. The number of fused-ring (bicyclic) bond motifs is 1. The summed E-state index contributed by atoms with van der Waals surface area (Å²) in [6.07, 6.45) is 2.02. The maximum atomic E-state index is 11.8. The molecule has 2 aromatic carbocycles. The molecule has 0 aliphatic rings. The number of hydrogen-bond acceptors (Lipinski definition) is 5. The molecule has 0 spiro atoms. The van der Waals surface area contributed by atoms with E-state index in [4.69, 9.17) is 0 Å². The lowest BCUT2D eigenvalue weighted by Crippen LogP contribution is -2.03. The molecule has 102 valence electrons. The van der Waals surface area contributed by atoms with Gasteiger partial charge in [0.1, 0.15) is 5.75 Å². The molecule has 0 atom stereocenters. The van der Waals surface area contributed by atoms with Crippen LogP contribution in [0.15, 0.2) is 40.1 Å². The highest BCUT2D eigenvalue weighted by Crippen LogP contribution is 2.29. The van der Waals surface area contributed by atoms with Crippen LogP contribution < -0.4 is 0 Å². The predicted molar refractivity (Wildman–Crippen MR) is 71.8 cm³/mol. The minimum absolute atomic E-state index is 0.0578. The summed E-state index contributed by atoms with van der Waals surface area (Å²) in [5, 5.41) is 10.2. The van der Waals surface area contributed by atoms with Crippen LogP contribution in [0.2, 0.25) is 0 Å². The minimum atomic E-state index is -3.57. The number of rotatable bonds is 2. The second kappa shape index (κ2) is 4.21. The van der Waals surface area contributed by atoms with Gasteiger partial charge >= 0.3 is 0 Å². The molecule has 0 saturated heterocycles. The molecule has 19 heavy (non-hydrogen) atoms. The van der Waals surface area contributed by atoms with Gasteiger partial charge in [-0.2, -0.15) is 0 Å². The Morgan fingerprint density at radius 3 is 2.05 bits per heavy atom. The van der Waals surface area contributed by atoms with Crippen molar-refractivity contribution in [2.75, 3.05) is 12.5 Å². The van der Waals surface area contributed by atoms with Crippen molar-refractivity contribution < 1.29 is 21.9 Å². The summed E-state index contributed by atoms with van der Waals surface area (Å²) in [7, 11) is -7.11. The van der Waals surface area contributed by atoms with Gasteiger partial charge in [0.15, 0.2) is 19.7 Å². The first-order chi connectivity index (χ1) is 8.59. The van der Waals surface area contributed by atoms with Crippen molar-refractivity contribution in [3.05, 3.63) is 30.3 Å². The van der Waals surface area contributed by atoms with Gasteiger partial charge in [-0.1, -0.05) is 0 Å². The van der Waals surface area contributed by atoms with E-state index in [0.29, 0.717) is 10.8 Å². The maximum Gasteiger partial charge on any atom is 0.176 e. The van der Waals surface area contributed by atoms with E-state index in [1.807, 2.05) is 0 Å². The lowest BCUT2D eigenvalue weighted by Gasteiger charge is -2.08. The largest absolute Gasteiger partial charge is 0.508 e. The topological polar surface area (TPSA) is 88.5 Å². The van der Waals surface area contributed by atoms with Crippen LogP contribution in [0.1, 0.15) is 0 Å². The normalized spacial score (nSPS) is 12.7. The van der Waals surface area contributed by atoms with Gasteiger partial charge in [0.05, 0.1) is 9.79 Å². The quantitative estimate of drug-likeness (QED) is 0.904. The van der Waals surface area contributed by atoms with Gasteiger partial charge in [0.2, 0.25) is 0 Å². The van der Waals surface area contributed by atoms with Gasteiger partial charge in [-0.15, -0.1) is 0 Å². The van der Waals surface area contributed by atoms with E-state index in [0.717, 1.165) is 18.6 Å². The number of aromatic hydroxyl groups is 1. The van der Waals surface area contributed by atoms with E-state index < -0.39 is 19.7 Å². The summed E-state index contributed by atoms with van der Waals surface area (Å²) in [5.41, 5.74) is 0. The smallest absolute Gasteiger partial charge is 0.176 e. The molecule has 2 rings (SSSR count). The van der Waals surface area contributed by atoms with Crippen molar-refractivity contribution in [1.29, 1.82) is 0 Å². The Morgan fingerprint density at radius 1 is 0.895 bits per heavy atom. The summed E-state index contributed by atoms with van der Waals surface area (Å²) in [4.78, 5) is -0.156. The van der Waals surface area contributed by atoms with Crippen LogP contribution in [0, 0.1) is 0 Å². The van der Waals surface area contributed by atoms with E-state index in [1.165, 1.54) is 24.3 Å². The Morgan fingerprint density at radius 2 is 1.53 bits per heavy atom. The molecule has 0 bridgehead atoms. The number of hydrogen-bond donors (Lipinski definition) is 1. The molecule has 0 saturated carbocycles. The molecule has 0 radical (unpaired) electrons. The third-order valence-corrected chi connectivity index (χ3v) is 4.93. The van der Waals surface area contributed by atoms with Gasteiger partial charge in [-0.05, 0) is 35.7 Å². The molecular weight excluding hydrogens is 288 g/mol. The van der Waals surface area contributed by atoms with E-state index in [9.17, 15) is 21.9 Å². The fourth-order valence-electron chi connectivity index (χ4n) is 1.82. The fourth-order valence-corrected chi connectivity index (χ4v) is 3.49. The van der Waals surface area contributed by atoms with Crippen LogP contribution in [0.5, 0.6) is 5.75 Å². The average molecular weight is 300 g/mol. The zero-order valence-corrected chi connectivity index (χ0v) is 11.9. The second-order valence-corrected chi connectivity index (χ2v) is 8.37. The number of phenols is 1. The molecule has 0 amide bonds. The molecule has 1 N–H and O–H groups in total. The van der Waals surface area contributed by atoms with Crippen LogP contribution in [-0.2, 0) is 19.7 Å². The SMILES string of the molecule is CS(=O)(=O)c1cc(S(C)(=O)=O)c2ccc(O)cc2c1. The number of sulfone groups is 2. The third-order valence-electron chi connectivity index (χ3n) is 2.70. The summed E-state index contributed by atoms with van der Waals surface area (Å²) in [5.74, 6) is -0.0578. The lowest BCUT2D eigenvalue weighted by atomic mass is 10.1. The van der Waals surface area contributed by atoms with Crippen molar-refractivity contribution >= 4 is 30.4 Å². The van der Waals surface area contributed by atoms with Crippen LogP contribution in [0.4, 0.5) is 0 Å². The number of benzene rings is 2. The van der Waals surface area contributed by atoms with Crippen LogP contribution in [0.25, 0.3) is 10.8 Å². The van der Waals surface area contributed by atoms with Crippen LogP contribution in [-0.4, -0.2) is 34.5 Å². The molecule has 0 aliphatic heterocycles. The monoisotopic (exact) mass is 300 g/mol. The average Bonchev–Trinajstić information content (AvgIpc) is 2.24. The Hall–Kier alpha value is -1.60. The predicted octanol–water partition coefficient (Wildman–Crippen LogP) is 1.35. The van der Waals surface area contributed by atoms with Crippen molar-refractivity contribution in [1.82, 2.24) is 0 Å². The second-order valence-electron chi connectivity index (χ2n) is 4.37. The van der Waals surface area contributed by atoms with Gasteiger partial charge in [0.25, 0.3) is 0 Å². The van der Waals surface area contributed by atoms with Gasteiger partial charge < -0.3 is 5.11 Å². The number of phenolic OH excluding ortho intramolecular Hbond substituents is 1. The summed E-state index contributed by atoms with van der Waals surface area (Å²) in [6.45, 7) is 0. The molecule has 0 aliphatic carbocycles. The van der Waals surface area contributed by atoms with E-state index in [-0.39, 0.29) is 15.5 Å². The van der Waals surface area contributed by atoms with E-state index >= 15 is 0 Å². The Bertz CT molecular complexity index is 864. The molecule has 0 aromatic heterocycles. The molecule has 5 nitrogen and oxygen atoms in total. The Balaban J connectivity index is 3.01. The van der Waals surface area contributed by atoms with E-state index in [1.54, 1.807) is 0 Å². The zero-order valence-electron chi connectivity index (χ0n) is 10.3. The fraction of sp³-hybridized carbons (Fsp3) is 0.167. The van der Waals surface area contributed by atoms with Crippen molar-refractivity contribution in [2.24, 2.45) is 0 Å². The van der Waals surface area contributed by atoms with Gasteiger partial charge in [-0.3, -0.25) is 0 Å². The zero-order chi connectivity index (χ0) is 14.4. The Kier molecular flexibility index (Phi) is 3.06. The summed E-state index contributed by atoms with van der Waals surface area (Å²) < 4.78 is 46.7. The highest BCUT2D eigenvalue weighted by molar-refractivity contribution is 7.91. The van der Waals surface area contributed by atoms with Crippen molar-refractivity contribution in [3.63, 3.8) is 0 Å². The van der Waals surface area contributed by atoms with Gasteiger partial charge in [0, 0.05) is 17.9 Å². The first-order valence-electron chi connectivity index (χ1n) is 5.26. The Labute approximate surface area is 111 Å². The third kappa shape index (κ3) is 2.71. The minimum Gasteiger partial charge on any atom is -0.508 e. The van der Waals surface area contributed by atoms with Crippen LogP contribution in [0.3, 0.4) is 0 Å². The molecule has 0 fully saturated rings.